The molecule has 0 amide bonds. The van der Waals surface area contributed by atoms with Crippen LogP contribution < -0.4 is 5.32 Å². The van der Waals surface area contributed by atoms with Crippen molar-refractivity contribution in [3.8, 4) is 0 Å². The predicted molar refractivity (Wildman–Crippen MR) is 136 cm³/mol. The second-order valence-electron chi connectivity index (χ2n) is 9.08. The van der Waals surface area contributed by atoms with Crippen LogP contribution in [0.4, 0.5) is 5.69 Å². The minimum absolute atomic E-state index is 0.146. The van der Waals surface area contributed by atoms with Crippen LogP contribution in [0, 0.1) is 5.92 Å². The number of rotatable bonds is 7. The van der Waals surface area contributed by atoms with Crippen LogP contribution in [0.3, 0.4) is 0 Å². The Hall–Kier alpha value is -2.46. The van der Waals surface area contributed by atoms with Crippen LogP contribution in [0.25, 0.3) is 10.9 Å². The van der Waals surface area contributed by atoms with E-state index in [1.165, 1.54) is 23.4 Å². The van der Waals surface area contributed by atoms with Crippen LogP contribution in [0.5, 0.6) is 0 Å². The van der Waals surface area contributed by atoms with Crippen molar-refractivity contribution in [3.63, 3.8) is 0 Å². The van der Waals surface area contributed by atoms with E-state index in [-0.39, 0.29) is 4.90 Å². The van der Waals surface area contributed by atoms with Crippen molar-refractivity contribution in [3.05, 3.63) is 53.7 Å². The summed E-state index contributed by atoms with van der Waals surface area (Å²) in [4.78, 5) is 2.14. The maximum atomic E-state index is 11.1. The Morgan fingerprint density at radius 3 is 2.59 bits per heavy atom. The van der Waals surface area contributed by atoms with Gasteiger partial charge in [0.2, 0.25) is 0 Å². The molecule has 4 rings (SSSR count). The summed E-state index contributed by atoms with van der Waals surface area (Å²) in [6.45, 7) is 12.7. The fraction of sp³-hybridized carbons (Fsp3) is 0.480. The summed E-state index contributed by atoms with van der Waals surface area (Å²) in [5, 5.41) is 11.3. The normalized spacial score (nSPS) is 16.9. The van der Waals surface area contributed by atoms with Crippen molar-refractivity contribution in [1.29, 1.82) is 0 Å². The third kappa shape index (κ3) is 7.27. The number of aromatic amines is 1. The van der Waals surface area contributed by atoms with Crippen LogP contribution in [0.1, 0.15) is 39.0 Å². The number of benzene rings is 2. The SMILES string of the molecule is CCc1ccc(NCC(C)C)cc1.C[C@H]1COCCN1Cc1[nH]nc2cc(S(=O)(=O)O)ccc12. The molecule has 1 fully saturated rings. The van der Waals surface area contributed by atoms with E-state index in [1.54, 1.807) is 6.07 Å². The van der Waals surface area contributed by atoms with Crippen LogP contribution in [0.2, 0.25) is 0 Å². The predicted octanol–water partition coefficient (Wildman–Crippen LogP) is 4.35. The van der Waals surface area contributed by atoms with Crippen molar-refractivity contribution in [2.45, 2.75) is 51.6 Å². The standard InChI is InChI=1S/C13H17N3O4S.C12H19N/c1-9-8-20-5-4-16(9)7-13-11-3-2-10(21(17,18)19)6-12(11)14-15-13;1-4-11-5-7-12(8-6-11)13-9-10(2)3/h2-3,6,9H,4-5,7-8H2,1H3,(H,14,15)(H,17,18,19);5-8,10,13H,4,9H2,1-3H3/t9-;/m0./s1. The zero-order valence-electron chi connectivity index (χ0n) is 20.4. The lowest BCUT2D eigenvalue weighted by atomic mass is 10.1. The minimum Gasteiger partial charge on any atom is -0.385 e. The fourth-order valence-electron chi connectivity index (χ4n) is 3.71. The highest BCUT2D eigenvalue weighted by molar-refractivity contribution is 7.85. The lowest BCUT2D eigenvalue weighted by Crippen LogP contribution is -2.43. The number of fused-ring (bicyclic) bond motifs is 1. The Balaban J connectivity index is 0.000000215. The number of aryl methyl sites for hydroxylation is 1. The molecule has 0 unspecified atom stereocenters. The third-order valence-electron chi connectivity index (χ3n) is 5.85. The molecule has 8 nitrogen and oxygen atoms in total. The first-order valence-corrected chi connectivity index (χ1v) is 13.2. The number of hydrogen-bond acceptors (Lipinski definition) is 6. The maximum absolute atomic E-state index is 11.1. The van der Waals surface area contributed by atoms with Gasteiger partial charge in [-0.3, -0.25) is 14.6 Å². The van der Waals surface area contributed by atoms with Crippen LogP contribution in [-0.4, -0.2) is 60.4 Å². The molecule has 1 saturated heterocycles. The molecule has 9 heteroatoms. The number of morpholine rings is 1. The highest BCUT2D eigenvalue weighted by Crippen LogP contribution is 2.22. The second-order valence-corrected chi connectivity index (χ2v) is 10.5. The average molecular weight is 489 g/mol. The summed E-state index contributed by atoms with van der Waals surface area (Å²) >= 11 is 0. The molecule has 186 valence electrons. The van der Waals surface area contributed by atoms with E-state index in [0.29, 0.717) is 37.2 Å². The first-order valence-electron chi connectivity index (χ1n) is 11.8. The van der Waals surface area contributed by atoms with Crippen molar-refractivity contribution in [2.24, 2.45) is 5.92 Å². The number of anilines is 1. The van der Waals surface area contributed by atoms with E-state index in [4.69, 9.17) is 9.29 Å². The lowest BCUT2D eigenvalue weighted by molar-refractivity contribution is -0.00473. The zero-order valence-corrected chi connectivity index (χ0v) is 21.2. The third-order valence-corrected chi connectivity index (χ3v) is 6.70. The quantitative estimate of drug-likeness (QED) is 0.425. The van der Waals surface area contributed by atoms with Gasteiger partial charge in [-0.05, 0) is 55.2 Å². The maximum Gasteiger partial charge on any atom is 0.294 e. The Labute approximate surface area is 202 Å². The molecule has 2 aromatic carbocycles. The number of H-pyrrole nitrogens is 1. The summed E-state index contributed by atoms with van der Waals surface area (Å²) in [7, 11) is -4.20. The molecule has 1 aliphatic rings. The monoisotopic (exact) mass is 488 g/mol. The molecule has 1 aliphatic heterocycles. The van der Waals surface area contributed by atoms with E-state index < -0.39 is 10.1 Å². The van der Waals surface area contributed by atoms with E-state index in [1.807, 2.05) is 0 Å². The number of hydrogen-bond donors (Lipinski definition) is 3. The number of nitrogens with zero attached hydrogens (tertiary/aromatic N) is 2. The molecule has 1 aromatic heterocycles. The molecular formula is C25H36N4O4S. The minimum atomic E-state index is -4.20. The average Bonchev–Trinajstić information content (AvgIpc) is 3.21. The second kappa shape index (κ2) is 11.8. The largest absolute Gasteiger partial charge is 0.385 e. The molecule has 0 bridgehead atoms. The topological polar surface area (TPSA) is 108 Å². The molecule has 3 N–H and O–H groups in total. The first kappa shape index (κ1) is 26.2. The highest BCUT2D eigenvalue weighted by Gasteiger charge is 2.21. The summed E-state index contributed by atoms with van der Waals surface area (Å²) in [6, 6.07) is 13.4. The van der Waals surface area contributed by atoms with Gasteiger partial charge in [-0.25, -0.2) is 0 Å². The first-order chi connectivity index (χ1) is 16.2. The van der Waals surface area contributed by atoms with Crippen LogP contribution >= 0.6 is 0 Å². The van der Waals surface area contributed by atoms with Gasteiger partial charge < -0.3 is 10.1 Å². The lowest BCUT2D eigenvalue weighted by Gasteiger charge is -2.32. The van der Waals surface area contributed by atoms with Gasteiger partial charge in [-0.2, -0.15) is 13.5 Å². The highest BCUT2D eigenvalue weighted by atomic mass is 32.2. The van der Waals surface area contributed by atoms with E-state index >= 15 is 0 Å². The van der Waals surface area contributed by atoms with Gasteiger partial charge in [0.05, 0.1) is 29.3 Å². The summed E-state index contributed by atoms with van der Waals surface area (Å²) in [5.74, 6) is 0.700. The number of aromatic nitrogens is 2. The summed E-state index contributed by atoms with van der Waals surface area (Å²) in [5.41, 5.74) is 4.09. The Morgan fingerprint density at radius 2 is 1.97 bits per heavy atom. The Kier molecular flexibility index (Phi) is 9.07. The molecule has 0 saturated carbocycles. The van der Waals surface area contributed by atoms with Crippen molar-refractivity contribution in [2.75, 3.05) is 31.6 Å². The number of ether oxygens (including phenoxy) is 1. The summed E-state index contributed by atoms with van der Waals surface area (Å²) in [6.07, 6.45) is 1.12. The van der Waals surface area contributed by atoms with Gasteiger partial charge >= 0.3 is 0 Å². The van der Waals surface area contributed by atoms with Gasteiger partial charge in [0.25, 0.3) is 10.1 Å². The van der Waals surface area contributed by atoms with Crippen LogP contribution in [-0.2, 0) is 27.8 Å². The Bertz CT molecular complexity index is 1160. The van der Waals surface area contributed by atoms with Crippen molar-refractivity contribution in [1.82, 2.24) is 15.1 Å². The van der Waals surface area contributed by atoms with E-state index in [0.717, 1.165) is 30.6 Å². The van der Waals surface area contributed by atoms with Crippen molar-refractivity contribution < 1.29 is 17.7 Å². The van der Waals surface area contributed by atoms with Gasteiger partial charge in [-0.15, -0.1) is 0 Å². The molecule has 0 radical (unpaired) electrons. The van der Waals surface area contributed by atoms with Gasteiger partial charge in [0, 0.05) is 36.7 Å². The molecule has 2 heterocycles. The summed E-state index contributed by atoms with van der Waals surface area (Å²) < 4.78 is 36.8. The molecule has 0 aliphatic carbocycles. The smallest absolute Gasteiger partial charge is 0.294 e. The van der Waals surface area contributed by atoms with Gasteiger partial charge in [-0.1, -0.05) is 32.9 Å². The molecule has 1 atom stereocenters. The molecule has 3 aromatic rings. The molecular weight excluding hydrogens is 452 g/mol. The fourth-order valence-corrected chi connectivity index (χ4v) is 4.21. The van der Waals surface area contributed by atoms with Crippen molar-refractivity contribution >= 4 is 26.7 Å². The van der Waals surface area contributed by atoms with Crippen LogP contribution in [0.15, 0.2) is 47.4 Å². The molecule has 0 spiro atoms. The number of nitrogens with one attached hydrogen (secondary N) is 2. The Morgan fingerprint density at radius 1 is 1.24 bits per heavy atom. The van der Waals surface area contributed by atoms with Gasteiger partial charge in [0.15, 0.2) is 0 Å². The molecule has 34 heavy (non-hydrogen) atoms. The van der Waals surface area contributed by atoms with E-state index in [9.17, 15) is 8.42 Å². The zero-order chi connectivity index (χ0) is 24.7. The van der Waals surface area contributed by atoms with E-state index in [2.05, 4.69) is 72.4 Å². The van der Waals surface area contributed by atoms with Gasteiger partial charge in [0.1, 0.15) is 0 Å².